The van der Waals surface area contributed by atoms with Crippen LogP contribution in [-0.4, -0.2) is 5.91 Å². The molecule has 0 fully saturated rings. The number of carbonyl (C=O) groups is 1. The number of carbonyl (C=O) groups excluding carboxylic acids is 1. The van der Waals surface area contributed by atoms with Crippen LogP contribution in [0.4, 0.5) is 10.1 Å². The van der Waals surface area contributed by atoms with Crippen LogP contribution in [0.3, 0.4) is 0 Å². The van der Waals surface area contributed by atoms with E-state index in [1.165, 1.54) is 23.6 Å². The van der Waals surface area contributed by atoms with E-state index in [2.05, 4.69) is 27.3 Å². The molecule has 1 aliphatic rings. The minimum absolute atomic E-state index is 0.277. The molecule has 108 valence electrons. The summed E-state index contributed by atoms with van der Waals surface area (Å²) in [6.45, 7) is 0. The van der Waals surface area contributed by atoms with E-state index in [-0.39, 0.29) is 5.91 Å². The predicted molar refractivity (Wildman–Crippen MR) is 85.1 cm³/mol. The van der Waals surface area contributed by atoms with Crippen molar-refractivity contribution in [3.8, 4) is 0 Å². The van der Waals surface area contributed by atoms with Gasteiger partial charge in [0.2, 0.25) is 0 Å². The molecule has 0 saturated heterocycles. The molecule has 0 radical (unpaired) electrons. The second-order valence-corrected chi connectivity index (χ2v) is 6.09. The molecule has 0 unspecified atom stereocenters. The molecule has 0 spiro atoms. The van der Waals surface area contributed by atoms with Gasteiger partial charge in [-0.05, 0) is 77.0 Å². The van der Waals surface area contributed by atoms with E-state index in [1.54, 1.807) is 12.1 Å². The van der Waals surface area contributed by atoms with Gasteiger partial charge in [0.25, 0.3) is 5.91 Å². The zero-order chi connectivity index (χ0) is 14.8. The Morgan fingerprint density at radius 2 is 1.95 bits per heavy atom. The minimum atomic E-state index is -0.433. The molecule has 0 aliphatic heterocycles. The van der Waals surface area contributed by atoms with E-state index in [1.807, 2.05) is 12.1 Å². The summed E-state index contributed by atoms with van der Waals surface area (Å²) in [6, 6.07) is 10.4. The molecule has 0 atom stereocenters. The predicted octanol–water partition coefficient (Wildman–Crippen LogP) is 4.72. The Morgan fingerprint density at radius 3 is 2.76 bits per heavy atom. The fraction of sp³-hybridized carbons (Fsp3) is 0.235. The summed E-state index contributed by atoms with van der Waals surface area (Å²) >= 11 is 3.09. The summed E-state index contributed by atoms with van der Waals surface area (Å²) in [5, 5.41) is 2.91. The highest BCUT2D eigenvalue weighted by Crippen LogP contribution is 2.28. The van der Waals surface area contributed by atoms with Crippen LogP contribution in [0.25, 0.3) is 0 Å². The van der Waals surface area contributed by atoms with Gasteiger partial charge in [-0.25, -0.2) is 4.39 Å². The van der Waals surface area contributed by atoms with Crippen LogP contribution >= 0.6 is 15.9 Å². The van der Waals surface area contributed by atoms with E-state index in [0.29, 0.717) is 10.0 Å². The van der Waals surface area contributed by atoms with Crippen LogP contribution in [0, 0.1) is 5.82 Å². The third-order valence-electron chi connectivity index (χ3n) is 3.83. The number of halogens is 2. The summed E-state index contributed by atoms with van der Waals surface area (Å²) in [7, 11) is 0. The van der Waals surface area contributed by atoms with E-state index < -0.39 is 5.82 Å². The van der Waals surface area contributed by atoms with Crippen LogP contribution in [0.15, 0.2) is 40.9 Å². The third kappa shape index (κ3) is 3.00. The van der Waals surface area contributed by atoms with Crippen molar-refractivity contribution in [2.75, 3.05) is 5.32 Å². The van der Waals surface area contributed by atoms with Gasteiger partial charge in [-0.15, -0.1) is 0 Å². The van der Waals surface area contributed by atoms with Crippen molar-refractivity contribution in [3.63, 3.8) is 0 Å². The van der Waals surface area contributed by atoms with E-state index in [9.17, 15) is 9.18 Å². The van der Waals surface area contributed by atoms with Crippen molar-refractivity contribution >= 4 is 27.5 Å². The lowest BCUT2D eigenvalue weighted by Crippen LogP contribution is -2.15. The standard InChI is InChI=1S/C17H15BrFNO/c18-14-9-8-12(10-15(14)19)17(21)20-16-7-3-5-11-4-1-2-6-13(11)16/h3,5,7-10H,1-2,4,6H2,(H,20,21). The second kappa shape index (κ2) is 5.98. The van der Waals surface area contributed by atoms with Crippen molar-refractivity contribution in [1.82, 2.24) is 0 Å². The molecule has 4 heteroatoms. The average molecular weight is 348 g/mol. The normalized spacial score (nSPS) is 13.6. The lowest BCUT2D eigenvalue weighted by Gasteiger charge is -2.19. The maximum atomic E-state index is 13.5. The van der Waals surface area contributed by atoms with E-state index in [0.717, 1.165) is 24.9 Å². The summed E-state index contributed by atoms with van der Waals surface area (Å²) < 4.78 is 13.9. The minimum Gasteiger partial charge on any atom is -0.322 e. The number of fused-ring (bicyclic) bond motifs is 1. The number of hydrogen-bond donors (Lipinski definition) is 1. The molecule has 1 N–H and O–H groups in total. The van der Waals surface area contributed by atoms with Crippen LogP contribution in [0.1, 0.15) is 34.3 Å². The zero-order valence-electron chi connectivity index (χ0n) is 11.5. The first-order valence-corrected chi connectivity index (χ1v) is 7.81. The molecular formula is C17H15BrFNO. The lowest BCUT2D eigenvalue weighted by molar-refractivity contribution is 0.102. The number of rotatable bonds is 2. The molecule has 0 aromatic heterocycles. The first-order chi connectivity index (χ1) is 10.1. The number of aryl methyl sites for hydroxylation is 1. The van der Waals surface area contributed by atoms with Crippen molar-refractivity contribution in [2.45, 2.75) is 25.7 Å². The van der Waals surface area contributed by atoms with E-state index in [4.69, 9.17) is 0 Å². The van der Waals surface area contributed by atoms with Gasteiger partial charge in [-0.3, -0.25) is 4.79 Å². The van der Waals surface area contributed by atoms with Crippen molar-refractivity contribution in [1.29, 1.82) is 0 Å². The van der Waals surface area contributed by atoms with Crippen molar-refractivity contribution in [3.05, 3.63) is 63.4 Å². The van der Waals surface area contributed by atoms with Crippen molar-refractivity contribution < 1.29 is 9.18 Å². The van der Waals surface area contributed by atoms with Gasteiger partial charge in [-0.2, -0.15) is 0 Å². The van der Waals surface area contributed by atoms with Gasteiger partial charge < -0.3 is 5.32 Å². The van der Waals surface area contributed by atoms with Crippen LogP contribution < -0.4 is 5.32 Å². The SMILES string of the molecule is O=C(Nc1cccc2c1CCCC2)c1ccc(Br)c(F)c1. The molecule has 0 bridgehead atoms. The molecule has 0 saturated carbocycles. The Kier molecular flexibility index (Phi) is 4.06. The molecule has 1 amide bonds. The van der Waals surface area contributed by atoms with Gasteiger partial charge in [0.15, 0.2) is 0 Å². The Bertz CT molecular complexity index is 699. The highest BCUT2D eigenvalue weighted by molar-refractivity contribution is 9.10. The number of hydrogen-bond acceptors (Lipinski definition) is 1. The van der Waals surface area contributed by atoms with Crippen LogP contribution in [0.2, 0.25) is 0 Å². The quantitative estimate of drug-likeness (QED) is 0.836. The molecule has 1 aliphatic carbocycles. The Hall–Kier alpha value is -1.68. The maximum Gasteiger partial charge on any atom is 0.255 e. The van der Waals surface area contributed by atoms with Crippen LogP contribution in [0.5, 0.6) is 0 Å². The van der Waals surface area contributed by atoms with Gasteiger partial charge >= 0.3 is 0 Å². The topological polar surface area (TPSA) is 29.1 Å². The van der Waals surface area contributed by atoms with Gasteiger partial charge in [0.05, 0.1) is 4.47 Å². The summed E-state index contributed by atoms with van der Waals surface area (Å²) in [4.78, 5) is 12.3. The van der Waals surface area contributed by atoms with Gasteiger partial charge in [0.1, 0.15) is 5.82 Å². The molecule has 0 heterocycles. The largest absolute Gasteiger partial charge is 0.322 e. The average Bonchev–Trinajstić information content (AvgIpc) is 2.50. The fourth-order valence-electron chi connectivity index (χ4n) is 2.73. The second-order valence-electron chi connectivity index (χ2n) is 5.23. The summed E-state index contributed by atoms with van der Waals surface area (Å²) in [6.07, 6.45) is 4.39. The molecule has 2 nitrogen and oxygen atoms in total. The third-order valence-corrected chi connectivity index (χ3v) is 4.47. The van der Waals surface area contributed by atoms with Gasteiger partial charge in [0, 0.05) is 11.3 Å². The Labute approximate surface area is 131 Å². The smallest absolute Gasteiger partial charge is 0.255 e. The maximum absolute atomic E-state index is 13.5. The van der Waals surface area contributed by atoms with Crippen molar-refractivity contribution in [2.24, 2.45) is 0 Å². The Morgan fingerprint density at radius 1 is 1.14 bits per heavy atom. The molecule has 3 rings (SSSR count). The highest BCUT2D eigenvalue weighted by Gasteiger charge is 2.15. The summed E-state index contributed by atoms with van der Waals surface area (Å²) in [5.41, 5.74) is 3.69. The summed E-state index contributed by atoms with van der Waals surface area (Å²) in [5.74, 6) is -0.710. The monoisotopic (exact) mass is 347 g/mol. The van der Waals surface area contributed by atoms with Gasteiger partial charge in [-0.1, -0.05) is 12.1 Å². The number of nitrogens with one attached hydrogen (secondary N) is 1. The first kappa shape index (κ1) is 14.3. The molecular weight excluding hydrogens is 333 g/mol. The van der Waals surface area contributed by atoms with Crippen LogP contribution in [-0.2, 0) is 12.8 Å². The van der Waals surface area contributed by atoms with E-state index >= 15 is 0 Å². The molecule has 2 aromatic rings. The zero-order valence-corrected chi connectivity index (χ0v) is 13.0. The molecule has 2 aromatic carbocycles. The first-order valence-electron chi connectivity index (χ1n) is 7.02. The number of anilines is 1. The highest BCUT2D eigenvalue weighted by atomic mass is 79.9. The number of amides is 1. The number of benzene rings is 2. The fourth-order valence-corrected chi connectivity index (χ4v) is 2.98. The Balaban J connectivity index is 1.86. The molecule has 21 heavy (non-hydrogen) atoms. The lowest BCUT2D eigenvalue weighted by atomic mass is 9.90.